The van der Waals surface area contributed by atoms with Gasteiger partial charge >= 0.3 is 5.97 Å². The second-order valence-corrected chi connectivity index (χ2v) is 3.10. The summed E-state index contributed by atoms with van der Waals surface area (Å²) in [5.41, 5.74) is 1.59. The van der Waals surface area contributed by atoms with E-state index >= 15 is 0 Å². The van der Waals surface area contributed by atoms with Crippen molar-refractivity contribution >= 4 is 5.97 Å². The van der Waals surface area contributed by atoms with Gasteiger partial charge in [-0.05, 0) is 37.1 Å². The highest BCUT2D eigenvalue weighted by molar-refractivity contribution is 5.89. The van der Waals surface area contributed by atoms with E-state index < -0.39 is 0 Å². The summed E-state index contributed by atoms with van der Waals surface area (Å²) in [5, 5.41) is 0. The second-order valence-electron chi connectivity index (χ2n) is 3.10. The summed E-state index contributed by atoms with van der Waals surface area (Å²) in [6.45, 7) is 4.59. The van der Waals surface area contributed by atoms with Crippen LogP contribution in [0.5, 0.6) is 5.75 Å². The Bertz CT molecular complexity index is 345. The summed E-state index contributed by atoms with van der Waals surface area (Å²) >= 11 is 0. The number of rotatable bonds is 4. The Morgan fingerprint density at radius 1 is 1.33 bits per heavy atom. The number of hydrogen-bond acceptors (Lipinski definition) is 3. The van der Waals surface area contributed by atoms with Crippen molar-refractivity contribution in [1.29, 1.82) is 0 Å². The van der Waals surface area contributed by atoms with Gasteiger partial charge in [0.2, 0.25) is 0 Å². The van der Waals surface area contributed by atoms with Gasteiger partial charge in [-0.25, -0.2) is 4.79 Å². The van der Waals surface area contributed by atoms with E-state index in [0.717, 1.165) is 17.7 Å². The van der Waals surface area contributed by atoms with Crippen molar-refractivity contribution in [2.75, 3.05) is 13.7 Å². The Labute approximate surface area is 90.0 Å². The van der Waals surface area contributed by atoms with Crippen LogP contribution in [0.15, 0.2) is 18.2 Å². The Hall–Kier alpha value is -1.51. The lowest BCUT2D eigenvalue weighted by atomic mass is 10.1. The number of aryl methyl sites for hydroxylation is 1. The third-order valence-corrected chi connectivity index (χ3v) is 2.16. The average Bonchev–Trinajstić information content (AvgIpc) is 2.29. The summed E-state index contributed by atoms with van der Waals surface area (Å²) in [7, 11) is 1.38. The molecule has 0 unspecified atom stereocenters. The van der Waals surface area contributed by atoms with Gasteiger partial charge in [-0.1, -0.05) is 6.92 Å². The first-order chi connectivity index (χ1) is 7.22. The molecule has 15 heavy (non-hydrogen) atoms. The zero-order valence-electron chi connectivity index (χ0n) is 9.37. The molecule has 0 saturated carbocycles. The molecular weight excluding hydrogens is 192 g/mol. The molecule has 82 valence electrons. The van der Waals surface area contributed by atoms with Gasteiger partial charge in [0.1, 0.15) is 5.75 Å². The summed E-state index contributed by atoms with van der Waals surface area (Å²) in [4.78, 5) is 11.3. The van der Waals surface area contributed by atoms with Gasteiger partial charge in [0.15, 0.2) is 0 Å². The smallest absolute Gasteiger partial charge is 0.337 e. The van der Waals surface area contributed by atoms with E-state index in [0.29, 0.717) is 12.2 Å². The van der Waals surface area contributed by atoms with Gasteiger partial charge in [0.25, 0.3) is 0 Å². The molecule has 0 aliphatic carbocycles. The van der Waals surface area contributed by atoms with E-state index in [2.05, 4.69) is 4.74 Å². The van der Waals surface area contributed by atoms with Gasteiger partial charge in [-0.15, -0.1) is 0 Å². The fourth-order valence-corrected chi connectivity index (χ4v) is 1.40. The monoisotopic (exact) mass is 208 g/mol. The molecule has 0 heterocycles. The van der Waals surface area contributed by atoms with Crippen molar-refractivity contribution in [3.63, 3.8) is 0 Å². The Morgan fingerprint density at radius 3 is 2.60 bits per heavy atom. The Balaban J connectivity index is 3.01. The minimum absolute atomic E-state index is 0.312. The van der Waals surface area contributed by atoms with E-state index in [1.807, 2.05) is 26.0 Å². The molecule has 0 bridgehead atoms. The van der Waals surface area contributed by atoms with Crippen LogP contribution in [0.3, 0.4) is 0 Å². The van der Waals surface area contributed by atoms with Crippen molar-refractivity contribution in [3.8, 4) is 5.75 Å². The number of ether oxygens (including phenoxy) is 2. The van der Waals surface area contributed by atoms with Crippen molar-refractivity contribution in [2.24, 2.45) is 0 Å². The third kappa shape index (κ3) is 2.72. The maximum Gasteiger partial charge on any atom is 0.337 e. The second kappa shape index (κ2) is 5.39. The van der Waals surface area contributed by atoms with Crippen molar-refractivity contribution in [3.05, 3.63) is 29.3 Å². The van der Waals surface area contributed by atoms with E-state index in [-0.39, 0.29) is 5.97 Å². The molecule has 1 aromatic rings. The molecule has 0 amide bonds. The van der Waals surface area contributed by atoms with Gasteiger partial charge in [0, 0.05) is 0 Å². The predicted molar refractivity (Wildman–Crippen MR) is 58.3 cm³/mol. The van der Waals surface area contributed by atoms with Crippen molar-refractivity contribution in [1.82, 2.24) is 0 Å². The molecule has 0 aliphatic rings. The number of carbonyl (C=O) groups is 1. The highest BCUT2D eigenvalue weighted by atomic mass is 16.5. The van der Waals surface area contributed by atoms with Crippen molar-refractivity contribution in [2.45, 2.75) is 20.3 Å². The fraction of sp³-hybridized carbons (Fsp3) is 0.417. The van der Waals surface area contributed by atoms with E-state index in [9.17, 15) is 4.79 Å². The van der Waals surface area contributed by atoms with Crippen LogP contribution in [0.2, 0.25) is 0 Å². The molecule has 3 nitrogen and oxygen atoms in total. The van der Waals surface area contributed by atoms with E-state index in [4.69, 9.17) is 4.74 Å². The maximum atomic E-state index is 11.3. The Kier molecular flexibility index (Phi) is 4.16. The first-order valence-electron chi connectivity index (χ1n) is 5.07. The minimum atomic E-state index is -0.312. The lowest BCUT2D eigenvalue weighted by molar-refractivity contribution is 0.0600. The number of esters is 1. The number of hydrogen-bond donors (Lipinski definition) is 0. The minimum Gasteiger partial charge on any atom is -0.494 e. The molecule has 0 spiro atoms. The third-order valence-electron chi connectivity index (χ3n) is 2.16. The molecule has 0 fully saturated rings. The number of methoxy groups -OCH3 is 1. The lowest BCUT2D eigenvalue weighted by Gasteiger charge is -2.09. The number of benzene rings is 1. The molecular formula is C12H16O3. The standard InChI is InChI=1S/C12H16O3/c1-4-9-8-10(12(13)14-3)6-7-11(9)15-5-2/h6-8H,4-5H2,1-3H3. The molecule has 0 atom stereocenters. The zero-order valence-corrected chi connectivity index (χ0v) is 9.37. The van der Waals surface area contributed by atoms with Crippen LogP contribution in [-0.4, -0.2) is 19.7 Å². The quantitative estimate of drug-likeness (QED) is 0.713. The molecule has 1 aromatic carbocycles. The summed E-state index contributed by atoms with van der Waals surface area (Å²) in [6.07, 6.45) is 0.833. The van der Waals surface area contributed by atoms with Crippen LogP contribution in [-0.2, 0) is 11.2 Å². The molecule has 3 heteroatoms. The van der Waals surface area contributed by atoms with Crippen LogP contribution in [0.4, 0.5) is 0 Å². The van der Waals surface area contributed by atoms with Gasteiger partial charge < -0.3 is 9.47 Å². The maximum absolute atomic E-state index is 11.3. The highest BCUT2D eigenvalue weighted by Gasteiger charge is 2.09. The first kappa shape index (κ1) is 11.6. The average molecular weight is 208 g/mol. The lowest BCUT2D eigenvalue weighted by Crippen LogP contribution is -2.03. The summed E-state index contributed by atoms with van der Waals surface area (Å²) < 4.78 is 10.1. The van der Waals surface area contributed by atoms with Crippen LogP contribution >= 0.6 is 0 Å². The van der Waals surface area contributed by atoms with E-state index in [1.165, 1.54) is 7.11 Å². The van der Waals surface area contributed by atoms with Gasteiger partial charge in [0.05, 0.1) is 19.3 Å². The van der Waals surface area contributed by atoms with Gasteiger partial charge in [-0.2, -0.15) is 0 Å². The highest BCUT2D eigenvalue weighted by Crippen LogP contribution is 2.21. The van der Waals surface area contributed by atoms with Crippen LogP contribution in [0, 0.1) is 0 Å². The zero-order chi connectivity index (χ0) is 11.3. The molecule has 0 N–H and O–H groups in total. The van der Waals surface area contributed by atoms with Crippen LogP contribution in [0.1, 0.15) is 29.8 Å². The Morgan fingerprint density at radius 2 is 2.07 bits per heavy atom. The van der Waals surface area contributed by atoms with Gasteiger partial charge in [-0.3, -0.25) is 0 Å². The molecule has 0 radical (unpaired) electrons. The molecule has 0 saturated heterocycles. The van der Waals surface area contributed by atoms with E-state index in [1.54, 1.807) is 6.07 Å². The first-order valence-corrected chi connectivity index (χ1v) is 5.07. The largest absolute Gasteiger partial charge is 0.494 e. The summed E-state index contributed by atoms with van der Waals surface area (Å²) in [5.74, 6) is 0.528. The van der Waals surface area contributed by atoms with Crippen LogP contribution < -0.4 is 4.74 Å². The predicted octanol–water partition coefficient (Wildman–Crippen LogP) is 2.43. The molecule has 0 aromatic heterocycles. The fourth-order valence-electron chi connectivity index (χ4n) is 1.40. The van der Waals surface area contributed by atoms with Crippen molar-refractivity contribution < 1.29 is 14.3 Å². The van der Waals surface area contributed by atoms with Crippen LogP contribution in [0.25, 0.3) is 0 Å². The normalized spacial score (nSPS) is 9.80. The SMILES string of the molecule is CCOc1ccc(C(=O)OC)cc1CC. The molecule has 1 rings (SSSR count). The summed E-state index contributed by atoms with van der Waals surface area (Å²) in [6, 6.07) is 5.35. The number of carbonyl (C=O) groups excluding carboxylic acids is 1. The molecule has 0 aliphatic heterocycles. The topological polar surface area (TPSA) is 35.5 Å².